The molecule has 0 spiro atoms. The van der Waals surface area contributed by atoms with Gasteiger partial charge in [-0.1, -0.05) is 28.1 Å². The van der Waals surface area contributed by atoms with Crippen LogP contribution in [-0.2, 0) is 0 Å². The molecule has 0 aliphatic rings. The van der Waals surface area contributed by atoms with Crippen molar-refractivity contribution in [3.8, 4) is 11.8 Å². The summed E-state index contributed by atoms with van der Waals surface area (Å²) in [7, 11) is 0. The number of para-hydroxylation sites is 2. The van der Waals surface area contributed by atoms with Crippen LogP contribution in [0.2, 0.25) is 0 Å². The molecule has 1 heterocycles. The second-order valence-electron chi connectivity index (χ2n) is 4.48. The van der Waals surface area contributed by atoms with E-state index in [-0.39, 0.29) is 5.75 Å². The van der Waals surface area contributed by atoms with Crippen molar-refractivity contribution in [1.29, 1.82) is 5.26 Å². The third-order valence-electron chi connectivity index (χ3n) is 3.05. The molecule has 4 nitrogen and oxygen atoms in total. The molecular weight excluding hydrogens is 330 g/mol. The molecule has 0 bridgehead atoms. The normalized spacial score (nSPS) is 11.5. The van der Waals surface area contributed by atoms with Crippen molar-refractivity contribution in [2.45, 2.75) is 0 Å². The van der Waals surface area contributed by atoms with Crippen molar-refractivity contribution in [2.75, 3.05) is 0 Å². The van der Waals surface area contributed by atoms with Gasteiger partial charge in [-0.2, -0.15) is 5.26 Å². The molecule has 0 unspecified atom stereocenters. The molecule has 3 rings (SSSR count). The molecular formula is C16H10BrN3O. The van der Waals surface area contributed by atoms with Gasteiger partial charge in [0.05, 0.1) is 16.6 Å². The van der Waals surface area contributed by atoms with Crippen molar-refractivity contribution < 1.29 is 5.11 Å². The molecule has 5 heteroatoms. The Hall–Kier alpha value is -2.58. The van der Waals surface area contributed by atoms with E-state index in [0.717, 1.165) is 15.5 Å². The van der Waals surface area contributed by atoms with Gasteiger partial charge < -0.3 is 10.1 Å². The van der Waals surface area contributed by atoms with Gasteiger partial charge in [0.15, 0.2) is 0 Å². The van der Waals surface area contributed by atoms with Crippen LogP contribution < -0.4 is 0 Å². The highest BCUT2D eigenvalue weighted by molar-refractivity contribution is 9.10. The number of imidazole rings is 1. The summed E-state index contributed by atoms with van der Waals surface area (Å²) in [4.78, 5) is 7.50. The zero-order chi connectivity index (χ0) is 14.8. The molecule has 3 aromatic rings. The highest BCUT2D eigenvalue weighted by Crippen LogP contribution is 2.26. The maximum Gasteiger partial charge on any atom is 0.149 e. The Bertz CT molecular complexity index is 857. The average molecular weight is 340 g/mol. The summed E-state index contributed by atoms with van der Waals surface area (Å²) in [5.41, 5.74) is 2.58. The van der Waals surface area contributed by atoms with Crippen LogP contribution in [0.4, 0.5) is 0 Å². The number of nitrogens with zero attached hydrogens (tertiary/aromatic N) is 2. The minimum atomic E-state index is 0.113. The predicted octanol–water partition coefficient (Wildman–Crippen LogP) is 4.10. The lowest BCUT2D eigenvalue weighted by atomic mass is 10.1. The van der Waals surface area contributed by atoms with Gasteiger partial charge in [0, 0.05) is 10.0 Å². The molecule has 0 fully saturated rings. The van der Waals surface area contributed by atoms with Crippen LogP contribution in [0.1, 0.15) is 11.4 Å². The van der Waals surface area contributed by atoms with Crippen molar-refractivity contribution in [1.82, 2.24) is 9.97 Å². The van der Waals surface area contributed by atoms with Gasteiger partial charge in [0.1, 0.15) is 17.6 Å². The first-order chi connectivity index (χ1) is 10.2. The molecule has 0 amide bonds. The average Bonchev–Trinajstić information content (AvgIpc) is 2.91. The lowest BCUT2D eigenvalue weighted by Gasteiger charge is -2.00. The minimum absolute atomic E-state index is 0.113. The molecule has 0 aliphatic heterocycles. The van der Waals surface area contributed by atoms with Crippen molar-refractivity contribution in [2.24, 2.45) is 0 Å². The molecule has 0 saturated heterocycles. The molecule has 0 atom stereocenters. The van der Waals surface area contributed by atoms with Crippen LogP contribution in [0.5, 0.6) is 5.75 Å². The van der Waals surface area contributed by atoms with Crippen LogP contribution in [0.25, 0.3) is 22.7 Å². The zero-order valence-corrected chi connectivity index (χ0v) is 12.4. The first kappa shape index (κ1) is 13.4. The number of allylic oxidation sites excluding steroid dienone is 1. The lowest BCUT2D eigenvalue weighted by Crippen LogP contribution is -1.85. The van der Waals surface area contributed by atoms with Crippen molar-refractivity contribution >= 4 is 38.6 Å². The number of hydrogen-bond donors (Lipinski definition) is 2. The monoisotopic (exact) mass is 339 g/mol. The Morgan fingerprint density at radius 3 is 2.86 bits per heavy atom. The predicted molar refractivity (Wildman–Crippen MR) is 85.4 cm³/mol. The fourth-order valence-corrected chi connectivity index (χ4v) is 2.41. The van der Waals surface area contributed by atoms with E-state index in [9.17, 15) is 10.4 Å². The third-order valence-corrected chi connectivity index (χ3v) is 3.55. The van der Waals surface area contributed by atoms with E-state index >= 15 is 0 Å². The summed E-state index contributed by atoms with van der Waals surface area (Å²) in [6, 6.07) is 14.7. The van der Waals surface area contributed by atoms with Gasteiger partial charge in [-0.3, -0.25) is 0 Å². The number of hydrogen-bond acceptors (Lipinski definition) is 3. The summed E-state index contributed by atoms with van der Waals surface area (Å²) in [6.07, 6.45) is 1.61. The quantitative estimate of drug-likeness (QED) is 0.690. The van der Waals surface area contributed by atoms with Crippen LogP contribution in [0.3, 0.4) is 0 Å². The molecule has 0 radical (unpaired) electrons. The topological polar surface area (TPSA) is 72.7 Å². The summed E-state index contributed by atoms with van der Waals surface area (Å²) in [6.45, 7) is 0. The highest BCUT2D eigenvalue weighted by Gasteiger charge is 2.09. The SMILES string of the molecule is N#C/C(=C\c1cc(Br)ccc1O)c1nc2ccccc2[nH]1. The van der Waals surface area contributed by atoms with Gasteiger partial charge in [0.2, 0.25) is 0 Å². The maximum atomic E-state index is 9.86. The second kappa shape index (κ2) is 5.43. The van der Waals surface area contributed by atoms with Gasteiger partial charge >= 0.3 is 0 Å². The summed E-state index contributed by atoms with van der Waals surface area (Å²) >= 11 is 3.35. The lowest BCUT2D eigenvalue weighted by molar-refractivity contribution is 0.474. The van der Waals surface area contributed by atoms with Crippen LogP contribution >= 0.6 is 15.9 Å². The molecule has 1 aromatic heterocycles. The Kier molecular flexibility index (Phi) is 3.46. The number of fused-ring (bicyclic) bond motifs is 1. The molecule has 2 aromatic carbocycles. The maximum absolute atomic E-state index is 9.86. The number of aromatic amines is 1. The van der Waals surface area contributed by atoms with Crippen LogP contribution in [0, 0.1) is 11.3 Å². The Morgan fingerprint density at radius 2 is 2.10 bits per heavy atom. The molecule has 102 valence electrons. The number of aromatic nitrogens is 2. The van der Waals surface area contributed by atoms with E-state index in [4.69, 9.17) is 0 Å². The van der Waals surface area contributed by atoms with Gasteiger partial charge in [-0.05, 0) is 36.4 Å². The van der Waals surface area contributed by atoms with Crippen LogP contribution in [0.15, 0.2) is 46.9 Å². The number of nitriles is 1. The van der Waals surface area contributed by atoms with E-state index in [2.05, 4.69) is 32.0 Å². The second-order valence-corrected chi connectivity index (χ2v) is 5.39. The highest BCUT2D eigenvalue weighted by atomic mass is 79.9. The van der Waals surface area contributed by atoms with Gasteiger partial charge in [-0.25, -0.2) is 4.98 Å². The number of phenols is 1. The summed E-state index contributed by atoms with van der Waals surface area (Å²) in [5.74, 6) is 0.597. The fraction of sp³-hybridized carbons (Fsp3) is 0. The smallest absolute Gasteiger partial charge is 0.149 e. The number of H-pyrrole nitrogens is 1. The van der Waals surface area contributed by atoms with E-state index in [1.165, 1.54) is 0 Å². The van der Waals surface area contributed by atoms with E-state index in [0.29, 0.717) is 17.0 Å². The molecule has 2 N–H and O–H groups in total. The number of aromatic hydroxyl groups is 1. The Labute approximate surface area is 129 Å². The molecule has 0 saturated carbocycles. The van der Waals surface area contributed by atoms with E-state index in [1.807, 2.05) is 24.3 Å². The third kappa shape index (κ3) is 2.67. The number of halogens is 1. The van der Waals surface area contributed by atoms with Crippen LogP contribution in [-0.4, -0.2) is 15.1 Å². The van der Waals surface area contributed by atoms with Crippen molar-refractivity contribution in [3.63, 3.8) is 0 Å². The first-order valence-electron chi connectivity index (χ1n) is 6.23. The number of benzene rings is 2. The molecule has 0 aliphatic carbocycles. The minimum Gasteiger partial charge on any atom is -0.507 e. The van der Waals surface area contributed by atoms with E-state index in [1.54, 1.807) is 24.3 Å². The van der Waals surface area contributed by atoms with Gasteiger partial charge in [0.25, 0.3) is 0 Å². The standard InChI is InChI=1S/C16H10BrN3O/c17-12-5-6-15(21)10(8-12)7-11(9-18)16-19-13-3-1-2-4-14(13)20-16/h1-8,21H,(H,19,20)/b11-7+. The summed E-state index contributed by atoms with van der Waals surface area (Å²) < 4.78 is 0.827. The van der Waals surface area contributed by atoms with Gasteiger partial charge in [-0.15, -0.1) is 0 Å². The number of phenolic OH excluding ortho intramolecular Hbond substituents is 1. The Balaban J connectivity index is 2.11. The number of nitrogens with one attached hydrogen (secondary N) is 1. The number of rotatable bonds is 2. The van der Waals surface area contributed by atoms with Crippen molar-refractivity contribution in [3.05, 3.63) is 58.3 Å². The summed E-state index contributed by atoms with van der Waals surface area (Å²) in [5, 5.41) is 19.2. The fourth-order valence-electron chi connectivity index (χ4n) is 2.03. The first-order valence-corrected chi connectivity index (χ1v) is 7.02. The molecule has 21 heavy (non-hydrogen) atoms. The van der Waals surface area contributed by atoms with E-state index < -0.39 is 0 Å². The largest absolute Gasteiger partial charge is 0.507 e. The Morgan fingerprint density at radius 1 is 1.29 bits per heavy atom. The zero-order valence-electron chi connectivity index (χ0n) is 10.8.